The van der Waals surface area contributed by atoms with Crippen LogP contribution in [0.5, 0.6) is 0 Å². The van der Waals surface area contributed by atoms with Gasteiger partial charge in [0, 0.05) is 20.1 Å². The molecule has 3 aromatic heterocycles. The Morgan fingerprint density at radius 3 is 2.65 bits per heavy atom. The number of aromatic nitrogens is 5. The van der Waals surface area contributed by atoms with Crippen LogP contribution in [0.4, 0.5) is 11.6 Å². The Labute approximate surface area is 149 Å². The number of rotatable bonds is 6. The molecule has 0 unspecified atom stereocenters. The molecule has 26 heavy (non-hydrogen) atoms. The third kappa shape index (κ3) is 3.08. The summed E-state index contributed by atoms with van der Waals surface area (Å²) in [4.78, 5) is 30.2. The number of aryl methyl sites for hydroxylation is 1. The average Bonchev–Trinajstić information content (AvgIpc) is 3.19. The summed E-state index contributed by atoms with van der Waals surface area (Å²) in [6, 6.07) is 3.42. The fourth-order valence-corrected chi connectivity index (χ4v) is 2.64. The summed E-state index contributed by atoms with van der Waals surface area (Å²) in [5.74, 6) is -1.16. The van der Waals surface area contributed by atoms with E-state index in [1.807, 2.05) is 18.7 Å². The molecular weight excluding hydrogens is 338 g/mol. The van der Waals surface area contributed by atoms with Crippen molar-refractivity contribution in [1.82, 2.24) is 24.4 Å². The summed E-state index contributed by atoms with van der Waals surface area (Å²) in [7, 11) is 1.51. The average molecular weight is 357 g/mol. The van der Waals surface area contributed by atoms with Crippen LogP contribution >= 0.6 is 0 Å². The molecule has 10 heteroatoms. The molecule has 3 rings (SSSR count). The fourth-order valence-electron chi connectivity index (χ4n) is 2.64. The van der Waals surface area contributed by atoms with E-state index in [1.165, 1.54) is 11.7 Å². The predicted octanol–water partition coefficient (Wildman–Crippen LogP) is 1.26. The summed E-state index contributed by atoms with van der Waals surface area (Å²) in [6.45, 7) is 5.62. The zero-order valence-electron chi connectivity index (χ0n) is 14.7. The van der Waals surface area contributed by atoms with Crippen LogP contribution < -0.4 is 10.2 Å². The van der Waals surface area contributed by atoms with Gasteiger partial charge in [-0.15, -0.1) is 5.10 Å². The monoisotopic (exact) mass is 357 g/mol. The van der Waals surface area contributed by atoms with E-state index in [0.29, 0.717) is 17.3 Å². The van der Waals surface area contributed by atoms with Gasteiger partial charge in [-0.3, -0.25) is 9.48 Å². The molecule has 0 aliphatic rings. The van der Waals surface area contributed by atoms with Crippen molar-refractivity contribution in [3.8, 4) is 0 Å². The molecular formula is C16H19N7O3. The minimum atomic E-state index is -1.21. The molecule has 0 fully saturated rings. The van der Waals surface area contributed by atoms with Crippen LogP contribution in [-0.2, 0) is 7.05 Å². The third-order valence-corrected chi connectivity index (χ3v) is 4.01. The number of hydrogen-bond donors (Lipinski definition) is 2. The van der Waals surface area contributed by atoms with Gasteiger partial charge < -0.3 is 15.3 Å². The molecule has 136 valence electrons. The zero-order valence-corrected chi connectivity index (χ0v) is 14.7. The number of hydrogen-bond acceptors (Lipinski definition) is 6. The normalized spacial score (nSPS) is 10.9. The van der Waals surface area contributed by atoms with Crippen molar-refractivity contribution in [2.45, 2.75) is 13.8 Å². The van der Waals surface area contributed by atoms with Crippen molar-refractivity contribution >= 4 is 29.2 Å². The number of aromatic carboxylic acids is 1. The molecule has 1 amide bonds. The van der Waals surface area contributed by atoms with Gasteiger partial charge in [-0.2, -0.15) is 10.1 Å². The maximum absolute atomic E-state index is 12.5. The van der Waals surface area contributed by atoms with Crippen LogP contribution in [0.15, 0.2) is 24.5 Å². The lowest BCUT2D eigenvalue weighted by Crippen LogP contribution is -2.23. The minimum absolute atomic E-state index is 0.0278. The standard InChI is InChI=1S/C16H19N7O3/c1-4-22(5-2)16-19-12-7-6-10(9-23(12)20-16)18-14(24)13-11(15(25)26)8-17-21(13)3/h6-9H,4-5H2,1-3H3,(H,18,24)(H,25,26). The molecule has 0 bridgehead atoms. The second kappa shape index (κ2) is 6.82. The zero-order chi connectivity index (χ0) is 18.8. The Kier molecular flexibility index (Phi) is 4.57. The Bertz CT molecular complexity index is 972. The van der Waals surface area contributed by atoms with Crippen LogP contribution in [0.1, 0.15) is 34.7 Å². The van der Waals surface area contributed by atoms with Gasteiger partial charge in [0.1, 0.15) is 11.3 Å². The molecule has 0 spiro atoms. The molecule has 0 radical (unpaired) electrons. The van der Waals surface area contributed by atoms with Crippen LogP contribution in [0.25, 0.3) is 5.65 Å². The molecule has 0 saturated heterocycles. The number of carboxylic acid groups (broad SMARTS) is 1. The maximum Gasteiger partial charge on any atom is 0.339 e. The number of amides is 1. The Morgan fingerprint density at radius 1 is 1.27 bits per heavy atom. The molecule has 0 aromatic carbocycles. The highest BCUT2D eigenvalue weighted by atomic mass is 16.4. The third-order valence-electron chi connectivity index (χ3n) is 4.01. The summed E-state index contributed by atoms with van der Waals surface area (Å²) in [5, 5.41) is 20.1. The van der Waals surface area contributed by atoms with Crippen molar-refractivity contribution in [3.05, 3.63) is 35.8 Å². The number of nitrogens with one attached hydrogen (secondary N) is 1. The Hall–Kier alpha value is -3.43. The minimum Gasteiger partial charge on any atom is -0.478 e. The molecule has 3 aromatic rings. The van der Waals surface area contributed by atoms with Crippen molar-refractivity contribution in [2.75, 3.05) is 23.3 Å². The molecule has 2 N–H and O–H groups in total. The van der Waals surface area contributed by atoms with Crippen molar-refractivity contribution < 1.29 is 14.7 Å². The first-order chi connectivity index (χ1) is 12.4. The first-order valence-corrected chi connectivity index (χ1v) is 8.12. The highest BCUT2D eigenvalue weighted by molar-refractivity contribution is 6.09. The number of carbonyl (C=O) groups is 2. The van der Waals surface area contributed by atoms with E-state index in [4.69, 9.17) is 0 Å². The summed E-state index contributed by atoms with van der Waals surface area (Å²) < 4.78 is 2.80. The second-order valence-corrected chi connectivity index (χ2v) is 5.59. The highest BCUT2D eigenvalue weighted by Crippen LogP contribution is 2.16. The summed E-state index contributed by atoms with van der Waals surface area (Å²) >= 11 is 0. The van der Waals surface area contributed by atoms with Crippen molar-refractivity contribution in [2.24, 2.45) is 7.05 Å². The van der Waals surface area contributed by atoms with Gasteiger partial charge in [0.25, 0.3) is 5.91 Å². The topological polar surface area (TPSA) is 118 Å². The Balaban J connectivity index is 1.88. The molecule has 0 aliphatic heterocycles. The predicted molar refractivity (Wildman–Crippen MR) is 94.7 cm³/mol. The van der Waals surface area contributed by atoms with Gasteiger partial charge in [-0.1, -0.05) is 0 Å². The number of nitrogens with zero attached hydrogens (tertiary/aromatic N) is 6. The lowest BCUT2D eigenvalue weighted by atomic mass is 10.2. The van der Waals surface area contributed by atoms with E-state index in [0.717, 1.165) is 19.3 Å². The number of fused-ring (bicyclic) bond motifs is 1. The molecule has 0 aliphatic carbocycles. The van der Waals surface area contributed by atoms with Crippen molar-refractivity contribution in [3.63, 3.8) is 0 Å². The Morgan fingerprint density at radius 2 is 2.00 bits per heavy atom. The first kappa shape index (κ1) is 17.4. The summed E-state index contributed by atoms with van der Waals surface area (Å²) in [6.07, 6.45) is 2.78. The van der Waals surface area contributed by atoms with Gasteiger partial charge in [0.05, 0.1) is 18.1 Å². The van der Waals surface area contributed by atoms with E-state index < -0.39 is 11.9 Å². The molecule has 3 heterocycles. The van der Waals surface area contributed by atoms with E-state index in [-0.39, 0.29) is 11.3 Å². The number of pyridine rings is 1. The van der Waals surface area contributed by atoms with Gasteiger partial charge in [-0.25, -0.2) is 9.31 Å². The molecule has 0 atom stereocenters. The van der Waals surface area contributed by atoms with E-state index in [1.54, 1.807) is 22.8 Å². The lowest BCUT2D eigenvalue weighted by Gasteiger charge is -2.14. The number of carbonyl (C=O) groups excluding carboxylic acids is 1. The summed E-state index contributed by atoms with van der Waals surface area (Å²) in [5.41, 5.74) is 0.934. The second-order valence-electron chi connectivity index (χ2n) is 5.59. The smallest absolute Gasteiger partial charge is 0.339 e. The van der Waals surface area contributed by atoms with Crippen LogP contribution in [0.2, 0.25) is 0 Å². The first-order valence-electron chi connectivity index (χ1n) is 8.12. The number of carboxylic acids is 1. The molecule has 0 saturated carbocycles. The maximum atomic E-state index is 12.5. The van der Waals surface area contributed by atoms with Gasteiger partial charge >= 0.3 is 5.97 Å². The van der Waals surface area contributed by atoms with E-state index in [2.05, 4.69) is 20.5 Å². The SMILES string of the molecule is CCN(CC)c1nc2ccc(NC(=O)c3c(C(=O)O)cnn3C)cn2n1. The van der Waals surface area contributed by atoms with Gasteiger partial charge in [0.15, 0.2) is 5.65 Å². The van der Waals surface area contributed by atoms with Crippen molar-refractivity contribution in [1.29, 1.82) is 0 Å². The van der Waals surface area contributed by atoms with Gasteiger partial charge in [-0.05, 0) is 26.0 Å². The van der Waals surface area contributed by atoms with E-state index >= 15 is 0 Å². The highest BCUT2D eigenvalue weighted by Gasteiger charge is 2.22. The fraction of sp³-hybridized carbons (Fsp3) is 0.312. The van der Waals surface area contributed by atoms with E-state index in [9.17, 15) is 14.7 Å². The largest absolute Gasteiger partial charge is 0.478 e. The quantitative estimate of drug-likeness (QED) is 0.682. The van der Waals surface area contributed by atoms with Gasteiger partial charge in [0.2, 0.25) is 5.95 Å². The molecule has 10 nitrogen and oxygen atoms in total. The van der Waals surface area contributed by atoms with Crippen LogP contribution in [-0.4, -0.2) is 54.5 Å². The van der Waals surface area contributed by atoms with Crippen LogP contribution in [0.3, 0.4) is 0 Å². The van der Waals surface area contributed by atoms with Crippen LogP contribution in [0, 0.1) is 0 Å². The lowest BCUT2D eigenvalue weighted by molar-refractivity contribution is 0.0692. The number of anilines is 2.